The van der Waals surface area contributed by atoms with Crippen molar-refractivity contribution in [2.24, 2.45) is 0 Å². The van der Waals surface area contributed by atoms with E-state index in [0.717, 1.165) is 18.5 Å². The number of quaternary nitrogens is 1. The Morgan fingerprint density at radius 3 is 2.16 bits per heavy atom. The van der Waals surface area contributed by atoms with E-state index in [1.165, 1.54) is 28.2 Å². The molecule has 3 nitrogen and oxygen atoms in total. The summed E-state index contributed by atoms with van der Waals surface area (Å²) in [5, 5.41) is 7.08. The Morgan fingerprint density at radius 1 is 1.00 bits per heavy atom. The molecule has 0 spiro atoms. The number of nitrogens with one attached hydrogen (secondary N) is 3. The Labute approximate surface area is 155 Å². The molecule has 3 N–H and O–H groups in total. The van der Waals surface area contributed by atoms with Crippen LogP contribution in [0.5, 0.6) is 0 Å². The van der Waals surface area contributed by atoms with Crippen molar-refractivity contribution in [1.82, 2.24) is 10.6 Å². The Bertz CT molecular complexity index is 668. The molecular weight excluding hydrogens is 333 g/mol. The fourth-order valence-corrected chi connectivity index (χ4v) is 2.84. The number of hydrogen-bond donors (Lipinski definition) is 3. The van der Waals surface area contributed by atoms with Gasteiger partial charge in [0.05, 0.1) is 20.6 Å². The number of benzene rings is 2. The van der Waals surface area contributed by atoms with Crippen molar-refractivity contribution in [3.05, 3.63) is 71.0 Å². The van der Waals surface area contributed by atoms with Gasteiger partial charge in [0, 0.05) is 12.1 Å². The molecule has 1 atom stereocenters. The number of hydrogen-bond acceptors (Lipinski definition) is 1. The molecule has 0 amide bonds. The summed E-state index contributed by atoms with van der Waals surface area (Å²) in [4.78, 5) is 1.35. The van der Waals surface area contributed by atoms with Gasteiger partial charge in [0.15, 0.2) is 5.11 Å². The second kappa shape index (κ2) is 9.49. The van der Waals surface area contributed by atoms with Crippen LogP contribution in [0.1, 0.15) is 29.7 Å². The minimum Gasteiger partial charge on any atom is -0.359 e. The van der Waals surface area contributed by atoms with E-state index in [1.807, 2.05) is 0 Å². The monoisotopic (exact) mass is 360 g/mol. The highest BCUT2D eigenvalue weighted by molar-refractivity contribution is 7.80. The lowest BCUT2D eigenvalue weighted by Crippen LogP contribution is -3.07. The van der Waals surface area contributed by atoms with Crippen molar-refractivity contribution in [1.29, 1.82) is 0 Å². The smallest absolute Gasteiger partial charge is 0.166 e. The van der Waals surface area contributed by atoms with E-state index in [-0.39, 0.29) is 5.82 Å². The number of aryl methyl sites for hydroxylation is 1. The lowest BCUT2D eigenvalue weighted by atomic mass is 10.0. The van der Waals surface area contributed by atoms with E-state index in [0.29, 0.717) is 17.7 Å². The van der Waals surface area contributed by atoms with Crippen LogP contribution >= 0.6 is 12.2 Å². The standard InChI is InChI=1S/C20H26FN3S/c1-4-15-5-9-17(10-6-15)19(24(2)3)14-23-20(25)22-13-16-7-11-18(21)12-8-16/h5-12,19H,4,13-14H2,1-3H3,(H2,22,23,25)/p+1/t19-/m1/s1. The van der Waals surface area contributed by atoms with Crippen molar-refractivity contribution in [3.8, 4) is 0 Å². The zero-order chi connectivity index (χ0) is 18.2. The normalized spacial score (nSPS) is 12.0. The van der Waals surface area contributed by atoms with Gasteiger partial charge in [-0.1, -0.05) is 43.3 Å². The molecule has 2 aromatic carbocycles. The molecule has 0 heterocycles. The third-order valence-corrected chi connectivity index (χ3v) is 4.61. The summed E-state index contributed by atoms with van der Waals surface area (Å²) in [6.07, 6.45) is 1.05. The van der Waals surface area contributed by atoms with Crippen molar-refractivity contribution >= 4 is 17.3 Å². The van der Waals surface area contributed by atoms with Gasteiger partial charge in [0.1, 0.15) is 11.9 Å². The molecule has 0 saturated carbocycles. The quantitative estimate of drug-likeness (QED) is 0.662. The van der Waals surface area contributed by atoms with Crippen LogP contribution in [0.25, 0.3) is 0 Å². The van der Waals surface area contributed by atoms with Crippen LogP contribution in [0.2, 0.25) is 0 Å². The molecule has 0 aliphatic rings. The average Bonchev–Trinajstić information content (AvgIpc) is 2.61. The van der Waals surface area contributed by atoms with Crippen molar-refractivity contribution in [3.63, 3.8) is 0 Å². The van der Waals surface area contributed by atoms with Gasteiger partial charge in [-0.3, -0.25) is 0 Å². The first-order valence-electron chi connectivity index (χ1n) is 8.64. The van der Waals surface area contributed by atoms with Gasteiger partial charge in [0.2, 0.25) is 0 Å². The maximum absolute atomic E-state index is 12.9. The largest absolute Gasteiger partial charge is 0.359 e. The summed E-state index contributed by atoms with van der Waals surface area (Å²) >= 11 is 5.37. The Morgan fingerprint density at radius 2 is 1.60 bits per heavy atom. The molecule has 0 radical (unpaired) electrons. The van der Waals surface area contributed by atoms with Crippen molar-refractivity contribution < 1.29 is 9.29 Å². The molecule has 5 heteroatoms. The molecule has 134 valence electrons. The minimum absolute atomic E-state index is 0.227. The van der Waals surface area contributed by atoms with Gasteiger partial charge in [0.25, 0.3) is 0 Å². The topological polar surface area (TPSA) is 28.5 Å². The Kier molecular flexibility index (Phi) is 7.34. The molecule has 0 saturated heterocycles. The molecule has 0 aromatic heterocycles. The highest BCUT2D eigenvalue weighted by atomic mass is 32.1. The zero-order valence-electron chi connectivity index (χ0n) is 15.1. The highest BCUT2D eigenvalue weighted by Gasteiger charge is 2.17. The number of rotatable bonds is 7. The maximum atomic E-state index is 12.9. The second-order valence-corrected chi connectivity index (χ2v) is 6.82. The molecular formula is C20H27FN3S+. The summed E-state index contributed by atoms with van der Waals surface area (Å²) in [6, 6.07) is 15.5. The van der Waals surface area contributed by atoms with Crippen LogP contribution in [0.3, 0.4) is 0 Å². The summed E-state index contributed by atoms with van der Waals surface area (Å²) in [5.74, 6) is -0.227. The van der Waals surface area contributed by atoms with Gasteiger partial charge in [-0.15, -0.1) is 0 Å². The van der Waals surface area contributed by atoms with Crippen LogP contribution in [-0.2, 0) is 13.0 Å². The van der Waals surface area contributed by atoms with Crippen LogP contribution < -0.4 is 15.5 Å². The van der Waals surface area contributed by atoms with E-state index >= 15 is 0 Å². The van der Waals surface area contributed by atoms with Gasteiger partial charge in [-0.05, 0) is 41.9 Å². The predicted octanol–water partition coefficient (Wildman–Crippen LogP) is 2.24. The predicted molar refractivity (Wildman–Crippen MR) is 105 cm³/mol. The fraction of sp³-hybridized carbons (Fsp3) is 0.350. The highest BCUT2D eigenvalue weighted by Crippen LogP contribution is 2.11. The third-order valence-electron chi connectivity index (χ3n) is 4.32. The Hall–Kier alpha value is -1.98. The van der Waals surface area contributed by atoms with Crippen LogP contribution in [0.15, 0.2) is 48.5 Å². The molecule has 0 aliphatic heterocycles. The first-order valence-corrected chi connectivity index (χ1v) is 9.05. The summed E-state index contributed by atoms with van der Waals surface area (Å²) in [6.45, 7) is 3.50. The van der Waals surface area contributed by atoms with E-state index in [2.05, 4.69) is 55.9 Å². The first-order chi connectivity index (χ1) is 12.0. The third kappa shape index (κ3) is 6.11. The molecule has 0 unspecified atom stereocenters. The zero-order valence-corrected chi connectivity index (χ0v) is 15.9. The Balaban J connectivity index is 1.87. The second-order valence-electron chi connectivity index (χ2n) is 6.42. The summed E-state index contributed by atoms with van der Waals surface area (Å²) in [5.41, 5.74) is 3.64. The SMILES string of the molecule is CCc1ccc([C@@H](CNC(=S)NCc2ccc(F)cc2)[NH+](C)C)cc1. The van der Waals surface area contributed by atoms with Crippen molar-refractivity contribution in [2.75, 3.05) is 20.6 Å². The van der Waals surface area contributed by atoms with Gasteiger partial charge in [-0.2, -0.15) is 0 Å². The van der Waals surface area contributed by atoms with Crippen LogP contribution in [-0.4, -0.2) is 25.8 Å². The van der Waals surface area contributed by atoms with E-state index in [9.17, 15) is 4.39 Å². The number of thiocarbonyl (C=S) groups is 1. The molecule has 0 aliphatic carbocycles. The lowest BCUT2D eigenvalue weighted by molar-refractivity contribution is -0.890. The van der Waals surface area contributed by atoms with Crippen LogP contribution in [0.4, 0.5) is 4.39 Å². The summed E-state index contributed by atoms with van der Waals surface area (Å²) < 4.78 is 12.9. The van der Waals surface area contributed by atoms with E-state index in [4.69, 9.17) is 12.2 Å². The summed E-state index contributed by atoms with van der Waals surface area (Å²) in [7, 11) is 4.30. The van der Waals surface area contributed by atoms with E-state index in [1.54, 1.807) is 12.1 Å². The van der Waals surface area contributed by atoms with Gasteiger partial charge >= 0.3 is 0 Å². The fourth-order valence-electron chi connectivity index (χ4n) is 2.68. The molecule has 2 rings (SSSR count). The lowest BCUT2D eigenvalue weighted by Gasteiger charge is -2.23. The number of halogens is 1. The van der Waals surface area contributed by atoms with Crippen molar-refractivity contribution in [2.45, 2.75) is 25.9 Å². The first kappa shape index (κ1) is 19.3. The molecule has 0 fully saturated rings. The van der Waals surface area contributed by atoms with Crippen LogP contribution in [0, 0.1) is 5.82 Å². The molecule has 25 heavy (non-hydrogen) atoms. The minimum atomic E-state index is -0.227. The van der Waals surface area contributed by atoms with E-state index < -0.39 is 0 Å². The van der Waals surface area contributed by atoms with Gasteiger partial charge in [-0.25, -0.2) is 4.39 Å². The maximum Gasteiger partial charge on any atom is 0.166 e. The number of likely N-dealkylation sites (N-methyl/N-ethyl adjacent to an activating group) is 1. The average molecular weight is 361 g/mol. The van der Waals surface area contributed by atoms with Gasteiger partial charge < -0.3 is 15.5 Å². The molecule has 2 aromatic rings. The molecule has 0 bridgehead atoms.